The first-order valence-electron chi connectivity index (χ1n) is 44.8. The minimum Gasteiger partial charge on any atom is -0.463 e. The molecule has 0 aliphatic rings. The van der Waals surface area contributed by atoms with Crippen LogP contribution in [0, 0.1) is 0 Å². The van der Waals surface area contributed by atoms with Gasteiger partial charge in [-0.2, -0.15) is 0 Å². The Morgan fingerprint density at radius 2 is 0.469 bits per heavy atom. The van der Waals surface area contributed by atoms with Crippen LogP contribution in [0.25, 0.3) is 0 Å². The van der Waals surface area contributed by atoms with Crippen LogP contribution in [0.15, 0.2) is 158 Å². The standard InChI is InChI=1S/C95H162O16P2/c1-4-7-10-13-16-19-22-24-26-28-30-32-34-36-38-40-42-43-44-45-47-49-50-52-54-56-58-60-62-64-67-69-72-75-78-81-93(98)105-84-90(96)85-107-112(101,102)108-86-91(97)87-109-113(103,104)110-89-92(111-95(100)83-80-77-74-71-66-21-18-15-12-9-6-3)88-106-94(99)82-79-76-73-70-68-65-63-61-59-57-55-53-51-48-46-41-39-37-35-33-31-29-27-25-23-20-17-14-11-8-5-2/h7-8,10-11,15-20,24-27,30-33,36-39,42-43,46,48,90-92,96-97H,4-6,9,12-14,21-23,28-29,34-35,40-41,44-45,47,49-89H2,1-3H3,(H,101,102)(H,103,104)/b10-7-,11-8-,18-15-,19-16-,20-17-,26-24-,27-25-,32-30-,33-31-,38-36-,39-37-,43-42-,48-46-. The van der Waals surface area contributed by atoms with Crippen molar-refractivity contribution in [3.05, 3.63) is 158 Å². The van der Waals surface area contributed by atoms with Gasteiger partial charge >= 0.3 is 33.6 Å². The summed E-state index contributed by atoms with van der Waals surface area (Å²) in [4.78, 5) is 58.7. The van der Waals surface area contributed by atoms with Crippen LogP contribution in [-0.2, 0) is 55.8 Å². The molecule has 0 fully saturated rings. The highest BCUT2D eigenvalue weighted by Gasteiger charge is 2.29. The molecule has 0 bridgehead atoms. The number of aliphatic hydroxyl groups excluding tert-OH is 2. The van der Waals surface area contributed by atoms with E-state index < -0.39 is 91.5 Å². The zero-order chi connectivity index (χ0) is 82.2. The van der Waals surface area contributed by atoms with Crippen molar-refractivity contribution >= 4 is 33.6 Å². The highest BCUT2D eigenvalue weighted by molar-refractivity contribution is 7.47. The lowest BCUT2D eigenvalue weighted by atomic mass is 10.0. The average Bonchev–Trinajstić information content (AvgIpc) is 0.901. The molecule has 0 aromatic rings. The first-order chi connectivity index (χ1) is 55.2. The monoisotopic (exact) mass is 1620 g/mol. The largest absolute Gasteiger partial charge is 0.472 e. The fraction of sp³-hybridized carbons (Fsp3) is 0.695. The smallest absolute Gasteiger partial charge is 0.463 e. The van der Waals surface area contributed by atoms with Crippen molar-refractivity contribution < 1.29 is 75.8 Å². The van der Waals surface area contributed by atoms with Crippen LogP contribution < -0.4 is 0 Å². The van der Waals surface area contributed by atoms with Gasteiger partial charge in [-0.15, -0.1) is 0 Å². The third-order valence-electron chi connectivity index (χ3n) is 18.7. The van der Waals surface area contributed by atoms with Crippen LogP contribution in [0.5, 0.6) is 0 Å². The SMILES string of the molecule is CC/C=C\C/C=C\C/C=C\C/C=C\C/C=C\C/C=C\CCCCCCCCCCCCCCCCCCC(=O)OCC(O)COP(=O)(O)OCC(O)COP(=O)(O)OCC(COC(=O)CCCCCCCCCCCCCC/C=C\C/C=C\C/C=C\C/C=C\C/C=C\C/C=C\CC)OC(=O)CCCCCCC/C=C\CCCC. The Bertz CT molecular complexity index is 2680. The van der Waals surface area contributed by atoms with Crippen LogP contribution >= 0.6 is 15.6 Å². The van der Waals surface area contributed by atoms with Crippen molar-refractivity contribution in [2.45, 2.75) is 386 Å². The molecule has 5 atom stereocenters. The predicted octanol–water partition coefficient (Wildman–Crippen LogP) is 27.3. The van der Waals surface area contributed by atoms with E-state index in [1.165, 1.54) is 141 Å². The first-order valence-corrected chi connectivity index (χ1v) is 47.8. The van der Waals surface area contributed by atoms with Crippen LogP contribution in [0.2, 0.25) is 0 Å². The molecule has 0 spiro atoms. The van der Waals surface area contributed by atoms with Gasteiger partial charge in [-0.05, 0) is 141 Å². The maximum absolute atomic E-state index is 12.9. The molecule has 16 nitrogen and oxygen atoms in total. The van der Waals surface area contributed by atoms with E-state index in [1.807, 2.05) is 0 Å². The Balaban J connectivity index is 4.35. The van der Waals surface area contributed by atoms with Gasteiger partial charge in [0, 0.05) is 19.3 Å². The number of aliphatic hydroxyl groups is 2. The first kappa shape index (κ1) is 108. The molecular weight excluding hydrogens is 1460 g/mol. The fourth-order valence-electron chi connectivity index (χ4n) is 12.0. The van der Waals surface area contributed by atoms with Crippen molar-refractivity contribution in [1.82, 2.24) is 0 Å². The maximum Gasteiger partial charge on any atom is 0.472 e. The Kier molecular flexibility index (Phi) is 82.8. The molecule has 0 saturated heterocycles. The third kappa shape index (κ3) is 87.8. The second-order valence-electron chi connectivity index (χ2n) is 29.6. The predicted molar refractivity (Wildman–Crippen MR) is 472 cm³/mol. The van der Waals surface area contributed by atoms with Crippen LogP contribution in [-0.4, -0.2) is 95.9 Å². The summed E-state index contributed by atoms with van der Waals surface area (Å²) in [6, 6.07) is 0. The zero-order valence-corrected chi connectivity index (χ0v) is 73.0. The van der Waals surface area contributed by atoms with Gasteiger partial charge < -0.3 is 34.2 Å². The molecule has 18 heteroatoms. The summed E-state index contributed by atoms with van der Waals surface area (Å²) in [5, 5.41) is 20.7. The van der Waals surface area contributed by atoms with Crippen LogP contribution in [0.4, 0.5) is 0 Å². The number of hydrogen-bond donors (Lipinski definition) is 4. The van der Waals surface area contributed by atoms with E-state index in [0.29, 0.717) is 19.3 Å². The molecule has 0 saturated carbocycles. The zero-order valence-electron chi connectivity index (χ0n) is 71.3. The molecule has 648 valence electrons. The number of unbranched alkanes of at least 4 members (excludes halogenated alkanes) is 35. The molecule has 5 unspecified atom stereocenters. The third-order valence-corrected chi connectivity index (χ3v) is 20.6. The highest BCUT2D eigenvalue weighted by atomic mass is 31.2. The van der Waals surface area contributed by atoms with E-state index in [1.54, 1.807) is 0 Å². The van der Waals surface area contributed by atoms with E-state index >= 15 is 0 Å². The van der Waals surface area contributed by atoms with E-state index in [4.69, 9.17) is 32.3 Å². The molecule has 0 amide bonds. The molecule has 0 aromatic heterocycles. The van der Waals surface area contributed by atoms with Crippen LogP contribution in [0.3, 0.4) is 0 Å². The molecule has 0 aliphatic heterocycles. The lowest BCUT2D eigenvalue weighted by Crippen LogP contribution is -2.30. The number of rotatable bonds is 84. The van der Waals surface area contributed by atoms with Crippen LogP contribution in [0.1, 0.15) is 367 Å². The van der Waals surface area contributed by atoms with E-state index in [0.717, 1.165) is 167 Å². The molecular formula is C95H162O16P2. The molecule has 0 aromatic carbocycles. The van der Waals surface area contributed by atoms with Gasteiger partial charge in [0.1, 0.15) is 25.4 Å². The minimum absolute atomic E-state index is 0.0921. The van der Waals surface area contributed by atoms with Crippen molar-refractivity contribution in [3.8, 4) is 0 Å². The Labute approximate surface area is 689 Å². The number of carbonyl (C=O) groups excluding carboxylic acids is 3. The highest BCUT2D eigenvalue weighted by Crippen LogP contribution is 2.45. The average molecular weight is 1620 g/mol. The lowest BCUT2D eigenvalue weighted by molar-refractivity contribution is -0.161. The lowest BCUT2D eigenvalue weighted by Gasteiger charge is -2.21. The number of esters is 3. The normalized spacial score (nSPS) is 14.6. The van der Waals surface area contributed by atoms with Gasteiger partial charge in [-0.25, -0.2) is 9.13 Å². The summed E-state index contributed by atoms with van der Waals surface area (Å²) in [6.07, 6.45) is 110. The molecule has 0 radical (unpaired) electrons. The fourth-order valence-corrected chi connectivity index (χ4v) is 13.6. The Morgan fingerprint density at radius 1 is 0.257 bits per heavy atom. The molecule has 0 aliphatic carbocycles. The van der Waals surface area contributed by atoms with Crippen molar-refractivity contribution in [2.24, 2.45) is 0 Å². The molecule has 0 heterocycles. The second kappa shape index (κ2) is 86.5. The maximum atomic E-state index is 12.9. The summed E-state index contributed by atoms with van der Waals surface area (Å²) in [5.74, 6) is -1.58. The van der Waals surface area contributed by atoms with E-state index in [-0.39, 0.29) is 19.3 Å². The quantitative estimate of drug-likeness (QED) is 0.0146. The number of carbonyl (C=O) groups is 3. The van der Waals surface area contributed by atoms with Crippen molar-refractivity contribution in [3.63, 3.8) is 0 Å². The number of phosphoric ester groups is 2. The van der Waals surface area contributed by atoms with E-state index in [2.05, 4.69) is 179 Å². The van der Waals surface area contributed by atoms with Crippen molar-refractivity contribution in [2.75, 3.05) is 39.6 Å². The summed E-state index contributed by atoms with van der Waals surface area (Å²) in [7, 11) is -9.79. The number of ether oxygens (including phenoxy) is 3. The van der Waals surface area contributed by atoms with Crippen molar-refractivity contribution in [1.29, 1.82) is 0 Å². The second-order valence-corrected chi connectivity index (χ2v) is 32.5. The van der Waals surface area contributed by atoms with Gasteiger partial charge in [0.25, 0.3) is 0 Å². The summed E-state index contributed by atoms with van der Waals surface area (Å²) in [5.41, 5.74) is 0. The Morgan fingerprint density at radius 3 is 0.752 bits per heavy atom. The van der Waals surface area contributed by atoms with Gasteiger partial charge in [0.05, 0.1) is 26.4 Å². The molecule has 113 heavy (non-hydrogen) atoms. The Hall–Kier alpha value is -4.83. The van der Waals surface area contributed by atoms with Gasteiger partial charge in [-0.3, -0.25) is 32.5 Å². The topological polar surface area (TPSA) is 231 Å². The molecule has 0 rings (SSSR count). The van der Waals surface area contributed by atoms with Gasteiger partial charge in [-0.1, -0.05) is 365 Å². The number of hydrogen-bond acceptors (Lipinski definition) is 14. The summed E-state index contributed by atoms with van der Waals surface area (Å²) in [6.45, 7) is 2.43. The van der Waals surface area contributed by atoms with E-state index in [9.17, 15) is 43.5 Å². The number of allylic oxidation sites excluding steroid dienone is 26. The van der Waals surface area contributed by atoms with Gasteiger partial charge in [0.2, 0.25) is 0 Å². The molecule has 4 N–H and O–H groups in total. The summed E-state index contributed by atoms with van der Waals surface area (Å²) >= 11 is 0. The summed E-state index contributed by atoms with van der Waals surface area (Å²) < 4.78 is 61.2. The minimum atomic E-state index is -4.93. The number of phosphoric acid groups is 2. The van der Waals surface area contributed by atoms with Gasteiger partial charge in [0.15, 0.2) is 6.10 Å².